The molecule has 1 saturated heterocycles. The Morgan fingerprint density at radius 2 is 1.00 bits per heavy atom. The van der Waals surface area contributed by atoms with Crippen LogP contribution in [0.3, 0.4) is 0 Å². The molecule has 0 aromatic rings. The lowest BCUT2D eigenvalue weighted by atomic mass is 10.3. The Balaban J connectivity index is 2.82. The van der Waals surface area contributed by atoms with E-state index < -0.39 is 17.8 Å². The Bertz CT molecular complexity index is 444. The molecule has 1 rings (SSSR count). The number of aliphatic carboxylic acids is 2. The van der Waals surface area contributed by atoms with Crippen molar-refractivity contribution >= 4 is 17.8 Å². The van der Waals surface area contributed by atoms with Crippen molar-refractivity contribution in [2.75, 3.05) is 78.5 Å². The molecule has 1 fully saturated rings. The molecule has 1 amide bonds. The first-order valence-electron chi connectivity index (χ1n) is 8.91. The average Bonchev–Trinajstić information content (AvgIpc) is 2.53. The summed E-state index contributed by atoms with van der Waals surface area (Å²) in [5, 5.41) is 18.2. The third-order valence-electron chi connectivity index (χ3n) is 4.47. The van der Waals surface area contributed by atoms with Crippen LogP contribution in [-0.4, -0.2) is 126 Å². The molecule has 4 N–H and O–H groups in total. The van der Waals surface area contributed by atoms with Gasteiger partial charge in [-0.15, -0.1) is 0 Å². The van der Waals surface area contributed by atoms with E-state index in [0.717, 1.165) is 6.54 Å². The zero-order valence-corrected chi connectivity index (χ0v) is 15.5. The van der Waals surface area contributed by atoms with E-state index in [4.69, 9.17) is 15.9 Å². The summed E-state index contributed by atoms with van der Waals surface area (Å²) in [7, 11) is 0. The van der Waals surface area contributed by atoms with Crippen molar-refractivity contribution in [1.82, 2.24) is 19.6 Å². The van der Waals surface area contributed by atoms with Crippen molar-refractivity contribution in [3.63, 3.8) is 0 Å². The molecule has 0 aliphatic carbocycles. The van der Waals surface area contributed by atoms with Crippen LogP contribution in [0.5, 0.6) is 0 Å². The number of carbonyl (C=O) groups excluding carboxylic acids is 1. The minimum absolute atomic E-state index is 0.0485. The van der Waals surface area contributed by atoms with Gasteiger partial charge in [0, 0.05) is 52.4 Å². The van der Waals surface area contributed by atoms with E-state index in [1.807, 2.05) is 21.6 Å². The van der Waals surface area contributed by atoms with Crippen molar-refractivity contribution < 1.29 is 24.6 Å². The maximum atomic E-state index is 11.3. The van der Waals surface area contributed by atoms with Crippen LogP contribution in [0.4, 0.5) is 0 Å². The predicted octanol–water partition coefficient (Wildman–Crippen LogP) is -2.12. The molecule has 0 bridgehead atoms. The normalized spacial score (nSPS) is 20.2. The van der Waals surface area contributed by atoms with Gasteiger partial charge in [0.1, 0.15) is 0 Å². The van der Waals surface area contributed by atoms with Crippen LogP contribution in [0.2, 0.25) is 0 Å². The topological polar surface area (TPSA) is 131 Å². The molecule has 0 radical (unpaired) electrons. The van der Waals surface area contributed by atoms with E-state index in [9.17, 15) is 14.4 Å². The molecule has 0 atom stereocenters. The van der Waals surface area contributed by atoms with E-state index >= 15 is 0 Å². The SMILES string of the molecule is CCN1CCN(CC(=O)O)CCN(CC(N)=O)CCN(CC(=O)O)CC1. The number of carbonyl (C=O) groups is 3. The molecule has 150 valence electrons. The summed E-state index contributed by atoms with van der Waals surface area (Å²) < 4.78 is 0. The number of nitrogens with two attached hydrogens (primary N) is 1. The van der Waals surface area contributed by atoms with Gasteiger partial charge in [-0.2, -0.15) is 0 Å². The summed E-state index contributed by atoms with van der Waals surface area (Å²) >= 11 is 0. The number of hydrogen-bond acceptors (Lipinski definition) is 7. The molecule has 0 aromatic carbocycles. The van der Waals surface area contributed by atoms with Crippen molar-refractivity contribution in [3.05, 3.63) is 0 Å². The molecule has 1 aliphatic heterocycles. The van der Waals surface area contributed by atoms with Crippen LogP contribution in [0.1, 0.15) is 6.92 Å². The molecule has 1 heterocycles. The molecule has 10 heteroatoms. The minimum Gasteiger partial charge on any atom is -0.480 e. The summed E-state index contributed by atoms with van der Waals surface area (Å²) in [6.45, 7) is 7.47. The third kappa shape index (κ3) is 9.66. The Labute approximate surface area is 154 Å². The van der Waals surface area contributed by atoms with Crippen LogP contribution < -0.4 is 5.73 Å². The molecule has 0 aromatic heterocycles. The monoisotopic (exact) mass is 373 g/mol. The Morgan fingerprint density at radius 3 is 1.27 bits per heavy atom. The fourth-order valence-electron chi connectivity index (χ4n) is 2.97. The molecule has 10 nitrogen and oxygen atoms in total. The first-order valence-corrected chi connectivity index (χ1v) is 8.91. The first-order chi connectivity index (χ1) is 12.3. The van der Waals surface area contributed by atoms with Gasteiger partial charge < -0.3 is 20.8 Å². The van der Waals surface area contributed by atoms with Gasteiger partial charge in [-0.1, -0.05) is 6.92 Å². The van der Waals surface area contributed by atoms with Gasteiger partial charge >= 0.3 is 11.9 Å². The van der Waals surface area contributed by atoms with Crippen molar-refractivity contribution in [3.8, 4) is 0 Å². The van der Waals surface area contributed by atoms with Crippen LogP contribution in [0.25, 0.3) is 0 Å². The van der Waals surface area contributed by atoms with Crippen LogP contribution in [-0.2, 0) is 14.4 Å². The quantitative estimate of drug-likeness (QED) is 0.458. The predicted molar refractivity (Wildman–Crippen MR) is 95.9 cm³/mol. The fourth-order valence-corrected chi connectivity index (χ4v) is 2.97. The summed E-state index contributed by atoms with van der Waals surface area (Å²) in [6.07, 6.45) is 0. The largest absolute Gasteiger partial charge is 0.480 e. The van der Waals surface area contributed by atoms with Gasteiger partial charge in [0.15, 0.2) is 0 Å². The maximum absolute atomic E-state index is 11.3. The van der Waals surface area contributed by atoms with Gasteiger partial charge in [-0.05, 0) is 6.54 Å². The zero-order chi connectivity index (χ0) is 19.5. The fraction of sp³-hybridized carbons (Fsp3) is 0.812. The number of carboxylic acids is 2. The maximum Gasteiger partial charge on any atom is 0.317 e. The number of rotatable bonds is 7. The molecule has 0 spiro atoms. The van der Waals surface area contributed by atoms with E-state index in [1.165, 1.54) is 0 Å². The van der Waals surface area contributed by atoms with Crippen molar-refractivity contribution in [1.29, 1.82) is 0 Å². The van der Waals surface area contributed by atoms with Crippen LogP contribution >= 0.6 is 0 Å². The van der Waals surface area contributed by atoms with Crippen LogP contribution in [0.15, 0.2) is 0 Å². The second-order valence-electron chi connectivity index (χ2n) is 6.52. The highest BCUT2D eigenvalue weighted by atomic mass is 16.4. The minimum atomic E-state index is -0.880. The number of primary amides is 1. The van der Waals surface area contributed by atoms with Crippen molar-refractivity contribution in [2.45, 2.75) is 6.92 Å². The molecular weight excluding hydrogens is 342 g/mol. The van der Waals surface area contributed by atoms with Gasteiger partial charge in [-0.25, -0.2) is 0 Å². The van der Waals surface area contributed by atoms with Gasteiger partial charge in [0.25, 0.3) is 0 Å². The van der Waals surface area contributed by atoms with E-state index in [1.54, 1.807) is 0 Å². The number of nitrogens with zero attached hydrogens (tertiary/aromatic N) is 4. The zero-order valence-electron chi connectivity index (χ0n) is 15.5. The lowest BCUT2D eigenvalue weighted by Gasteiger charge is -2.32. The molecular formula is C16H31N5O5. The first kappa shape index (κ1) is 22.3. The van der Waals surface area contributed by atoms with Crippen molar-refractivity contribution in [2.24, 2.45) is 5.73 Å². The number of amides is 1. The molecule has 1 aliphatic rings. The van der Waals surface area contributed by atoms with E-state index in [0.29, 0.717) is 52.4 Å². The summed E-state index contributed by atoms with van der Waals surface area (Å²) in [6, 6.07) is 0. The number of hydrogen-bond donors (Lipinski definition) is 3. The van der Waals surface area contributed by atoms with Gasteiger partial charge in [0.2, 0.25) is 5.91 Å². The second-order valence-corrected chi connectivity index (χ2v) is 6.52. The van der Waals surface area contributed by atoms with Gasteiger partial charge in [-0.3, -0.25) is 29.1 Å². The van der Waals surface area contributed by atoms with Gasteiger partial charge in [0.05, 0.1) is 19.6 Å². The molecule has 0 saturated carbocycles. The van der Waals surface area contributed by atoms with E-state index in [-0.39, 0.29) is 19.6 Å². The summed E-state index contributed by atoms with van der Waals surface area (Å²) in [4.78, 5) is 41.2. The average molecular weight is 373 g/mol. The third-order valence-corrected chi connectivity index (χ3v) is 4.47. The Morgan fingerprint density at radius 1 is 0.692 bits per heavy atom. The second kappa shape index (κ2) is 11.8. The standard InChI is InChI=1S/C16H31N5O5/c1-2-18-3-5-20(12-15(23)24)9-7-19(11-14(17)22)8-10-21(6-4-18)13-16(25)26/h2-13H2,1H3,(H2,17,22)(H,23,24)(H,25,26). The summed E-state index contributed by atoms with van der Waals surface area (Å²) in [5.41, 5.74) is 5.30. The highest BCUT2D eigenvalue weighted by molar-refractivity contribution is 5.75. The summed E-state index contributed by atoms with van der Waals surface area (Å²) in [5.74, 6) is -2.22. The van der Waals surface area contributed by atoms with E-state index in [2.05, 4.69) is 4.90 Å². The highest BCUT2D eigenvalue weighted by Crippen LogP contribution is 2.01. The molecule has 0 unspecified atom stereocenters. The lowest BCUT2D eigenvalue weighted by Crippen LogP contribution is -2.48. The number of likely N-dealkylation sites (N-methyl/N-ethyl adjacent to an activating group) is 1. The smallest absolute Gasteiger partial charge is 0.317 e. The Hall–Kier alpha value is -1.75. The lowest BCUT2D eigenvalue weighted by molar-refractivity contribution is -0.139. The molecule has 26 heavy (non-hydrogen) atoms. The highest BCUT2D eigenvalue weighted by Gasteiger charge is 2.19. The Kier molecular flexibility index (Phi) is 10.1. The van der Waals surface area contributed by atoms with Crippen LogP contribution in [0, 0.1) is 0 Å². The number of carboxylic acid groups (broad SMARTS) is 2.